The van der Waals surface area contributed by atoms with E-state index >= 15 is 0 Å². The Morgan fingerprint density at radius 1 is 0.969 bits per heavy atom. The minimum atomic E-state index is -0.538. The van der Waals surface area contributed by atoms with E-state index in [0.29, 0.717) is 23.7 Å². The molecular weight excluding hydrogens is 444 g/mol. The Kier molecular flexibility index (Phi) is 6.72. The molecule has 162 valence electrons. The van der Waals surface area contributed by atoms with Crippen molar-refractivity contribution in [2.45, 2.75) is 4.90 Å². The second-order valence-corrected chi connectivity index (χ2v) is 8.42. The van der Waals surface area contributed by atoms with E-state index < -0.39 is 11.8 Å². The van der Waals surface area contributed by atoms with Gasteiger partial charge in [-0.05, 0) is 52.8 Å². The minimum Gasteiger partial charge on any atom is -0.493 e. The van der Waals surface area contributed by atoms with Crippen LogP contribution in [0, 0.1) is 0 Å². The molecule has 6 nitrogen and oxygen atoms in total. The highest BCUT2D eigenvalue weighted by Crippen LogP contribution is 2.31. The van der Waals surface area contributed by atoms with Gasteiger partial charge in [0.2, 0.25) is 0 Å². The maximum Gasteiger partial charge on any atom is 0.263 e. The molecule has 0 aromatic heterocycles. The zero-order valence-electron chi connectivity index (χ0n) is 17.2. The number of carbonyl (C=O) groups excluding carboxylic acids is 2. The van der Waals surface area contributed by atoms with E-state index in [0.717, 1.165) is 5.75 Å². The number of benzene rings is 3. The lowest BCUT2D eigenvalue weighted by Gasteiger charge is -2.16. The molecule has 3 aromatic rings. The van der Waals surface area contributed by atoms with Crippen LogP contribution in [0.1, 0.15) is 5.56 Å². The summed E-state index contributed by atoms with van der Waals surface area (Å²) in [7, 11) is 1.54. The van der Waals surface area contributed by atoms with Crippen LogP contribution in [0.3, 0.4) is 0 Å². The minimum absolute atomic E-state index is 0.000140. The van der Waals surface area contributed by atoms with Crippen LogP contribution in [-0.2, 0) is 9.59 Å². The van der Waals surface area contributed by atoms with Crippen molar-refractivity contribution >= 4 is 57.8 Å². The number of fused-ring (bicyclic) bond motifs is 1. The summed E-state index contributed by atoms with van der Waals surface area (Å²) in [5.74, 6) is 0.795. The highest BCUT2D eigenvalue weighted by molar-refractivity contribution is 7.99. The first-order valence-corrected chi connectivity index (χ1v) is 11.2. The maximum absolute atomic E-state index is 12.0. The van der Waals surface area contributed by atoms with E-state index in [2.05, 4.69) is 41.0 Å². The molecule has 0 atom stereocenters. The van der Waals surface area contributed by atoms with Crippen molar-refractivity contribution in [3.8, 4) is 11.5 Å². The molecule has 0 bridgehead atoms. The zero-order valence-corrected chi connectivity index (χ0v) is 18.8. The van der Waals surface area contributed by atoms with Gasteiger partial charge in [-0.15, -0.1) is 11.8 Å². The third-order valence-corrected chi connectivity index (χ3v) is 6.03. The molecule has 32 heavy (non-hydrogen) atoms. The molecule has 4 rings (SSSR count). The van der Waals surface area contributed by atoms with E-state index in [9.17, 15) is 9.59 Å². The number of ether oxygens (including phenoxy) is 2. The molecule has 0 saturated carbocycles. The van der Waals surface area contributed by atoms with Crippen LogP contribution in [0.5, 0.6) is 11.5 Å². The molecule has 0 radical (unpaired) electrons. The van der Waals surface area contributed by atoms with Crippen LogP contribution in [0.25, 0.3) is 16.8 Å². The van der Waals surface area contributed by atoms with Crippen LogP contribution >= 0.6 is 24.0 Å². The van der Waals surface area contributed by atoms with Gasteiger partial charge in [0.25, 0.3) is 11.8 Å². The van der Waals surface area contributed by atoms with Gasteiger partial charge >= 0.3 is 0 Å². The number of thiocarbonyl (C=S) groups is 1. The van der Waals surface area contributed by atoms with Crippen molar-refractivity contribution in [3.05, 3.63) is 71.8 Å². The summed E-state index contributed by atoms with van der Waals surface area (Å²) in [4.78, 5) is 25.3. The van der Waals surface area contributed by atoms with E-state index in [1.807, 2.05) is 12.1 Å². The fourth-order valence-electron chi connectivity index (χ4n) is 3.29. The van der Waals surface area contributed by atoms with Crippen LogP contribution in [0.15, 0.2) is 71.1 Å². The summed E-state index contributed by atoms with van der Waals surface area (Å²) in [6.45, 7) is 0.493. The van der Waals surface area contributed by atoms with Crippen molar-refractivity contribution in [1.29, 1.82) is 0 Å². The summed E-state index contributed by atoms with van der Waals surface area (Å²) in [5, 5.41) is 7.27. The van der Waals surface area contributed by atoms with Gasteiger partial charge in [-0.1, -0.05) is 42.5 Å². The molecule has 1 saturated heterocycles. The lowest BCUT2D eigenvalue weighted by molar-refractivity contribution is -0.123. The third-order valence-electron chi connectivity index (χ3n) is 4.79. The van der Waals surface area contributed by atoms with Crippen LogP contribution < -0.4 is 20.1 Å². The monoisotopic (exact) mass is 464 g/mol. The lowest BCUT2D eigenvalue weighted by atomic mass is 10.1. The van der Waals surface area contributed by atoms with Crippen LogP contribution in [0.4, 0.5) is 0 Å². The molecule has 2 amide bonds. The van der Waals surface area contributed by atoms with Crippen LogP contribution in [0.2, 0.25) is 0 Å². The molecule has 1 aliphatic rings. The largest absolute Gasteiger partial charge is 0.493 e. The third kappa shape index (κ3) is 4.92. The fourth-order valence-corrected chi connectivity index (χ4v) is 4.38. The Labute approximate surface area is 195 Å². The predicted octanol–water partition coefficient (Wildman–Crippen LogP) is 3.93. The maximum atomic E-state index is 12.0. The number of hydrogen-bond donors (Lipinski definition) is 2. The highest BCUT2D eigenvalue weighted by Gasteiger charge is 2.25. The Bertz CT molecular complexity index is 1210. The summed E-state index contributed by atoms with van der Waals surface area (Å²) >= 11 is 6.54. The van der Waals surface area contributed by atoms with E-state index in [1.165, 1.54) is 21.7 Å². The molecule has 3 aromatic carbocycles. The smallest absolute Gasteiger partial charge is 0.263 e. The quantitative estimate of drug-likeness (QED) is 0.181. The summed E-state index contributed by atoms with van der Waals surface area (Å²) in [6.07, 6.45) is 1.48. The molecule has 1 heterocycles. The molecular formula is C24H20N2O4S2. The van der Waals surface area contributed by atoms with Gasteiger partial charge in [-0.25, -0.2) is 0 Å². The van der Waals surface area contributed by atoms with Gasteiger partial charge in [0.05, 0.1) is 13.7 Å². The van der Waals surface area contributed by atoms with E-state index in [1.54, 1.807) is 37.1 Å². The fraction of sp³-hybridized carbons (Fsp3) is 0.125. The van der Waals surface area contributed by atoms with Gasteiger partial charge < -0.3 is 9.47 Å². The molecule has 0 spiro atoms. The molecule has 0 aliphatic carbocycles. The van der Waals surface area contributed by atoms with Crippen molar-refractivity contribution in [2.24, 2.45) is 0 Å². The number of carbonyl (C=O) groups is 2. The molecule has 2 N–H and O–H groups in total. The predicted molar refractivity (Wildman–Crippen MR) is 130 cm³/mol. The second-order valence-electron chi connectivity index (χ2n) is 6.88. The number of hydrogen-bond acceptors (Lipinski definition) is 6. The number of amides is 2. The SMILES string of the molecule is COc1cc(C=C2C(=O)NC(=S)NC2=O)ccc1OCCSc1cccc2ccccc12. The Balaban J connectivity index is 1.41. The van der Waals surface area contributed by atoms with E-state index in [-0.39, 0.29) is 10.7 Å². The Hall–Kier alpha value is -3.36. The van der Waals surface area contributed by atoms with Gasteiger partial charge in [0.1, 0.15) is 5.57 Å². The molecule has 8 heteroatoms. The zero-order chi connectivity index (χ0) is 22.5. The average Bonchev–Trinajstić information content (AvgIpc) is 2.79. The van der Waals surface area contributed by atoms with Gasteiger partial charge in [-0.2, -0.15) is 0 Å². The van der Waals surface area contributed by atoms with Crippen molar-refractivity contribution in [2.75, 3.05) is 19.5 Å². The van der Waals surface area contributed by atoms with Crippen LogP contribution in [-0.4, -0.2) is 36.4 Å². The lowest BCUT2D eigenvalue weighted by Crippen LogP contribution is -2.51. The second kappa shape index (κ2) is 9.84. The van der Waals surface area contributed by atoms with E-state index in [4.69, 9.17) is 21.7 Å². The Morgan fingerprint density at radius 3 is 2.50 bits per heavy atom. The van der Waals surface area contributed by atoms with Crippen molar-refractivity contribution in [1.82, 2.24) is 10.6 Å². The first kappa shape index (κ1) is 21.9. The number of methoxy groups -OCH3 is 1. The molecule has 1 aliphatic heterocycles. The van der Waals surface area contributed by atoms with Crippen molar-refractivity contribution < 1.29 is 19.1 Å². The first-order chi connectivity index (χ1) is 15.5. The standard InChI is InChI=1S/C24H20N2O4S2/c1-29-20-14-15(13-18-22(27)25-24(31)26-23(18)28)9-10-19(20)30-11-12-32-21-8-4-6-16-5-2-3-7-17(16)21/h2-10,13-14H,11-12H2,1H3,(H2,25,26,27,28,31). The summed E-state index contributed by atoms with van der Waals surface area (Å²) < 4.78 is 11.4. The topological polar surface area (TPSA) is 76.7 Å². The number of rotatable bonds is 7. The number of nitrogens with one attached hydrogen (secondary N) is 2. The number of thioether (sulfide) groups is 1. The average molecular weight is 465 g/mol. The van der Waals surface area contributed by atoms with Gasteiger partial charge in [0, 0.05) is 10.6 Å². The first-order valence-electron chi connectivity index (χ1n) is 9.85. The highest BCUT2D eigenvalue weighted by atomic mass is 32.2. The molecule has 1 fully saturated rings. The Morgan fingerprint density at radius 2 is 1.72 bits per heavy atom. The normalized spacial score (nSPS) is 13.5. The molecule has 0 unspecified atom stereocenters. The van der Waals surface area contributed by atoms with Crippen molar-refractivity contribution in [3.63, 3.8) is 0 Å². The van der Waals surface area contributed by atoms with Gasteiger partial charge in [0.15, 0.2) is 16.6 Å². The summed E-state index contributed by atoms with van der Waals surface area (Å²) in [5.41, 5.74) is 0.605. The van der Waals surface area contributed by atoms with Gasteiger partial charge in [-0.3, -0.25) is 20.2 Å². The summed E-state index contributed by atoms with van der Waals surface area (Å²) in [6, 6.07) is 19.8.